The van der Waals surface area contributed by atoms with Crippen LogP contribution in [0.4, 0.5) is 0 Å². The van der Waals surface area contributed by atoms with E-state index in [-0.39, 0.29) is 0 Å². The number of nitrogens with zero attached hydrogens (tertiary/aromatic N) is 4. The second kappa shape index (κ2) is 5.61. The number of fused-ring (bicyclic) bond motifs is 1. The highest BCUT2D eigenvalue weighted by molar-refractivity contribution is 7.17. The van der Waals surface area contributed by atoms with Gasteiger partial charge in [-0.15, -0.1) is 11.3 Å². The van der Waals surface area contributed by atoms with Gasteiger partial charge in [0, 0.05) is 36.1 Å². The lowest BCUT2D eigenvalue weighted by Gasteiger charge is -2.21. The van der Waals surface area contributed by atoms with Crippen LogP contribution in [0, 0.1) is 13.8 Å². The molecule has 112 valence electrons. The van der Waals surface area contributed by atoms with E-state index in [0.717, 1.165) is 17.2 Å². The number of aryl methyl sites for hydroxylation is 2. The largest absolute Gasteiger partial charge is 0.307 e. The smallest absolute Gasteiger partial charge is 0.194 e. The van der Waals surface area contributed by atoms with Gasteiger partial charge in [-0.1, -0.05) is 0 Å². The summed E-state index contributed by atoms with van der Waals surface area (Å²) in [6, 6.07) is 2.60. The van der Waals surface area contributed by atoms with E-state index < -0.39 is 0 Å². The highest BCUT2D eigenvalue weighted by atomic mass is 32.1. The molecule has 0 aliphatic heterocycles. The summed E-state index contributed by atoms with van der Waals surface area (Å²) in [5, 5.41) is 7.91. The van der Waals surface area contributed by atoms with Crippen LogP contribution >= 0.6 is 11.3 Å². The molecular weight excluding hydrogens is 282 g/mol. The second-order valence-electron chi connectivity index (χ2n) is 5.53. The highest BCUT2D eigenvalue weighted by Gasteiger charge is 2.16. The van der Waals surface area contributed by atoms with Gasteiger partial charge in [-0.3, -0.25) is 9.08 Å². The van der Waals surface area contributed by atoms with Crippen LogP contribution in [0.2, 0.25) is 0 Å². The summed E-state index contributed by atoms with van der Waals surface area (Å²) in [7, 11) is 0. The first kappa shape index (κ1) is 14.3. The predicted molar refractivity (Wildman–Crippen MR) is 85.8 cm³/mol. The molecule has 3 rings (SSSR count). The molecule has 0 aliphatic rings. The monoisotopic (exact) mass is 303 g/mol. The zero-order chi connectivity index (χ0) is 15.0. The Labute approximate surface area is 128 Å². The van der Waals surface area contributed by atoms with Crippen molar-refractivity contribution >= 4 is 16.3 Å². The standard InChI is InChI=1S/C15H21N5S/c1-10-9-19-14(12(3)18-15(19)21-10)8-16-11(2)13(4)20-7-5-6-17-20/h5-7,9,11,13,16H,8H2,1-4H3/t11-,13+/m1/s1. The summed E-state index contributed by atoms with van der Waals surface area (Å²) < 4.78 is 4.19. The fraction of sp³-hybridized carbons (Fsp3) is 0.467. The quantitative estimate of drug-likeness (QED) is 0.788. The third kappa shape index (κ3) is 2.73. The van der Waals surface area contributed by atoms with Crippen molar-refractivity contribution in [3.05, 3.63) is 40.9 Å². The van der Waals surface area contributed by atoms with Gasteiger partial charge in [0.05, 0.1) is 17.4 Å². The molecule has 3 heterocycles. The predicted octanol–water partition coefficient (Wildman–Crippen LogP) is 2.95. The van der Waals surface area contributed by atoms with Gasteiger partial charge in [0.2, 0.25) is 0 Å². The van der Waals surface area contributed by atoms with E-state index >= 15 is 0 Å². The normalized spacial score (nSPS) is 14.7. The van der Waals surface area contributed by atoms with Gasteiger partial charge in [0.15, 0.2) is 4.96 Å². The van der Waals surface area contributed by atoms with Gasteiger partial charge in [-0.05, 0) is 33.8 Å². The van der Waals surface area contributed by atoms with E-state index in [1.165, 1.54) is 10.6 Å². The van der Waals surface area contributed by atoms with E-state index in [1.54, 1.807) is 11.3 Å². The molecule has 0 radical (unpaired) electrons. The molecule has 0 aromatic carbocycles. The summed E-state index contributed by atoms with van der Waals surface area (Å²) in [5.74, 6) is 0. The van der Waals surface area contributed by atoms with Crippen LogP contribution in [0.1, 0.15) is 36.2 Å². The molecule has 0 bridgehead atoms. The molecule has 6 heteroatoms. The van der Waals surface area contributed by atoms with Crippen molar-refractivity contribution in [2.75, 3.05) is 0 Å². The Morgan fingerprint density at radius 1 is 1.33 bits per heavy atom. The molecule has 0 unspecified atom stereocenters. The summed E-state index contributed by atoms with van der Waals surface area (Å²) in [6.45, 7) is 9.38. The number of rotatable bonds is 5. The number of aromatic nitrogens is 4. The Balaban J connectivity index is 1.72. The average molecular weight is 303 g/mol. The van der Waals surface area contributed by atoms with E-state index in [9.17, 15) is 0 Å². The van der Waals surface area contributed by atoms with Crippen LogP contribution in [-0.4, -0.2) is 25.2 Å². The van der Waals surface area contributed by atoms with Crippen LogP contribution in [0.3, 0.4) is 0 Å². The Bertz CT molecular complexity index is 725. The molecule has 2 atom stereocenters. The second-order valence-corrected chi connectivity index (χ2v) is 6.75. The zero-order valence-corrected chi connectivity index (χ0v) is 13.7. The number of nitrogens with one attached hydrogen (secondary N) is 1. The third-order valence-electron chi connectivity index (χ3n) is 4.00. The zero-order valence-electron chi connectivity index (χ0n) is 12.9. The molecular formula is C15H21N5S. The minimum atomic E-state index is 0.313. The SMILES string of the molecule is Cc1cn2c(CN[C@H](C)[C@H](C)n3cccn3)c(C)nc2s1. The van der Waals surface area contributed by atoms with Crippen LogP contribution in [0.15, 0.2) is 24.7 Å². The molecule has 0 aliphatic carbocycles. The van der Waals surface area contributed by atoms with E-state index in [4.69, 9.17) is 0 Å². The minimum Gasteiger partial charge on any atom is -0.307 e. The van der Waals surface area contributed by atoms with Crippen LogP contribution in [0.25, 0.3) is 4.96 Å². The first-order valence-corrected chi connectivity index (χ1v) is 8.04. The number of imidazole rings is 1. The summed E-state index contributed by atoms with van der Waals surface area (Å²) in [5.41, 5.74) is 2.35. The van der Waals surface area contributed by atoms with Crippen molar-refractivity contribution in [1.29, 1.82) is 0 Å². The summed E-state index contributed by atoms with van der Waals surface area (Å²) >= 11 is 1.74. The van der Waals surface area contributed by atoms with Gasteiger partial charge in [-0.25, -0.2) is 4.98 Å². The number of thiazole rings is 1. The first-order chi connectivity index (χ1) is 10.1. The Kier molecular flexibility index (Phi) is 3.82. The Hall–Kier alpha value is -1.66. The Morgan fingerprint density at radius 3 is 2.86 bits per heavy atom. The van der Waals surface area contributed by atoms with Crippen molar-refractivity contribution in [2.24, 2.45) is 0 Å². The molecule has 5 nitrogen and oxygen atoms in total. The molecule has 0 fully saturated rings. The van der Waals surface area contributed by atoms with Crippen molar-refractivity contribution in [3.8, 4) is 0 Å². The van der Waals surface area contributed by atoms with Gasteiger partial charge in [0.25, 0.3) is 0 Å². The van der Waals surface area contributed by atoms with E-state index in [2.05, 4.69) is 53.7 Å². The molecule has 3 aromatic rings. The molecule has 3 aromatic heterocycles. The maximum absolute atomic E-state index is 4.63. The summed E-state index contributed by atoms with van der Waals surface area (Å²) in [4.78, 5) is 7.00. The number of hydrogen-bond acceptors (Lipinski definition) is 4. The third-order valence-corrected chi connectivity index (χ3v) is 4.90. The van der Waals surface area contributed by atoms with Crippen molar-refractivity contribution < 1.29 is 0 Å². The first-order valence-electron chi connectivity index (χ1n) is 7.22. The average Bonchev–Trinajstić information content (AvgIpc) is 3.12. The van der Waals surface area contributed by atoms with Crippen molar-refractivity contribution in [1.82, 2.24) is 24.5 Å². The fourth-order valence-electron chi connectivity index (χ4n) is 2.50. The highest BCUT2D eigenvalue weighted by Crippen LogP contribution is 2.21. The van der Waals surface area contributed by atoms with E-state index in [1.807, 2.05) is 23.1 Å². The molecule has 1 N–H and O–H groups in total. The van der Waals surface area contributed by atoms with Crippen LogP contribution < -0.4 is 5.32 Å². The molecule has 21 heavy (non-hydrogen) atoms. The van der Waals surface area contributed by atoms with Gasteiger partial charge in [0.1, 0.15) is 0 Å². The van der Waals surface area contributed by atoms with Gasteiger partial charge < -0.3 is 5.32 Å². The van der Waals surface area contributed by atoms with Gasteiger partial charge in [-0.2, -0.15) is 5.10 Å². The lowest BCUT2D eigenvalue weighted by atomic mass is 10.1. The topological polar surface area (TPSA) is 47.1 Å². The lowest BCUT2D eigenvalue weighted by Crippen LogP contribution is -2.34. The minimum absolute atomic E-state index is 0.313. The molecule has 0 saturated carbocycles. The van der Waals surface area contributed by atoms with Crippen LogP contribution in [-0.2, 0) is 6.54 Å². The molecule has 0 amide bonds. The number of hydrogen-bond donors (Lipinski definition) is 1. The van der Waals surface area contributed by atoms with Crippen LogP contribution in [0.5, 0.6) is 0 Å². The lowest BCUT2D eigenvalue weighted by molar-refractivity contribution is 0.363. The maximum atomic E-state index is 4.63. The summed E-state index contributed by atoms with van der Waals surface area (Å²) in [6.07, 6.45) is 5.99. The van der Waals surface area contributed by atoms with Crippen molar-refractivity contribution in [2.45, 2.75) is 46.3 Å². The molecule has 0 spiro atoms. The Morgan fingerprint density at radius 2 is 2.14 bits per heavy atom. The molecule has 0 saturated heterocycles. The van der Waals surface area contributed by atoms with E-state index in [0.29, 0.717) is 12.1 Å². The van der Waals surface area contributed by atoms with Crippen molar-refractivity contribution in [3.63, 3.8) is 0 Å². The van der Waals surface area contributed by atoms with Gasteiger partial charge >= 0.3 is 0 Å². The fourth-order valence-corrected chi connectivity index (χ4v) is 3.39. The maximum Gasteiger partial charge on any atom is 0.194 e.